The number of nitrogens with one attached hydrogen (secondary N) is 1. The van der Waals surface area contributed by atoms with Crippen LogP contribution in [0.4, 0.5) is 11.7 Å². The third kappa shape index (κ3) is 3.13. The van der Waals surface area contributed by atoms with Crippen LogP contribution in [-0.4, -0.2) is 10.2 Å². The summed E-state index contributed by atoms with van der Waals surface area (Å²) in [5.41, 5.74) is 1.29. The van der Waals surface area contributed by atoms with Crippen molar-refractivity contribution >= 4 is 46.5 Å². The van der Waals surface area contributed by atoms with Crippen LogP contribution in [0.15, 0.2) is 46.9 Å². The van der Waals surface area contributed by atoms with Crippen LogP contribution in [0.1, 0.15) is 0 Å². The van der Waals surface area contributed by atoms with Crippen LogP contribution in [-0.2, 0) is 0 Å². The first kappa shape index (κ1) is 14.2. The molecule has 0 fully saturated rings. The molecule has 0 radical (unpaired) electrons. The molecule has 1 aromatic heterocycles. The molecule has 0 spiro atoms. The topological polar surface area (TPSA) is 51.0 Å². The summed E-state index contributed by atoms with van der Waals surface area (Å²) in [4.78, 5) is 0. The van der Waals surface area contributed by atoms with Crippen LogP contribution in [0.25, 0.3) is 11.5 Å². The molecule has 21 heavy (non-hydrogen) atoms. The Morgan fingerprint density at radius 2 is 1.71 bits per heavy atom. The number of para-hydroxylation sites is 1. The molecule has 0 bridgehead atoms. The van der Waals surface area contributed by atoms with Gasteiger partial charge < -0.3 is 9.73 Å². The summed E-state index contributed by atoms with van der Waals surface area (Å²) in [6.07, 6.45) is 0. The smallest absolute Gasteiger partial charge is 0.320 e. The Morgan fingerprint density at radius 1 is 0.905 bits per heavy atom. The van der Waals surface area contributed by atoms with Gasteiger partial charge in [-0.1, -0.05) is 52.0 Å². The van der Waals surface area contributed by atoms with Gasteiger partial charge in [-0.05, 0) is 30.3 Å². The van der Waals surface area contributed by atoms with E-state index in [4.69, 9.17) is 39.2 Å². The number of rotatable bonds is 3. The Bertz CT molecular complexity index is 789. The number of benzene rings is 2. The highest BCUT2D eigenvalue weighted by atomic mass is 35.5. The van der Waals surface area contributed by atoms with Gasteiger partial charge in [0, 0.05) is 5.02 Å². The maximum Gasteiger partial charge on any atom is 0.320 e. The lowest BCUT2D eigenvalue weighted by Gasteiger charge is -2.02. The lowest BCUT2D eigenvalue weighted by atomic mass is 10.2. The van der Waals surface area contributed by atoms with Crippen LogP contribution < -0.4 is 5.32 Å². The van der Waals surface area contributed by atoms with Crippen LogP contribution in [0.3, 0.4) is 0 Å². The summed E-state index contributed by atoms with van der Waals surface area (Å²) in [7, 11) is 0. The average molecular weight is 341 g/mol. The van der Waals surface area contributed by atoms with Crippen molar-refractivity contribution < 1.29 is 4.42 Å². The number of nitrogens with zero attached hydrogens (tertiary/aromatic N) is 2. The molecule has 0 saturated carbocycles. The molecule has 2 aromatic carbocycles. The fourth-order valence-corrected chi connectivity index (χ4v) is 2.40. The van der Waals surface area contributed by atoms with E-state index in [1.54, 1.807) is 24.3 Å². The number of aromatic nitrogens is 2. The lowest BCUT2D eigenvalue weighted by Crippen LogP contribution is -1.90. The highest BCUT2D eigenvalue weighted by Gasteiger charge is 2.13. The third-order valence-corrected chi connectivity index (χ3v) is 3.58. The van der Waals surface area contributed by atoms with Crippen molar-refractivity contribution in [2.45, 2.75) is 0 Å². The standard InChI is InChI=1S/C14H8Cl3N3O/c15-8-5-6-9(11(17)7-8)13-19-20-14(21-13)18-12-4-2-1-3-10(12)16/h1-7H,(H,18,20). The Labute approximate surface area is 135 Å². The fraction of sp³-hybridized carbons (Fsp3) is 0. The highest BCUT2D eigenvalue weighted by Crippen LogP contribution is 2.31. The van der Waals surface area contributed by atoms with E-state index in [0.29, 0.717) is 32.2 Å². The Morgan fingerprint density at radius 3 is 2.48 bits per heavy atom. The molecule has 0 amide bonds. The Hall–Kier alpha value is -1.75. The molecular weight excluding hydrogens is 333 g/mol. The molecule has 3 aromatic rings. The van der Waals surface area contributed by atoms with Gasteiger partial charge in [-0.25, -0.2) is 0 Å². The lowest BCUT2D eigenvalue weighted by molar-refractivity contribution is 0.587. The maximum atomic E-state index is 6.10. The zero-order valence-electron chi connectivity index (χ0n) is 10.5. The molecule has 1 heterocycles. The number of anilines is 2. The first-order valence-electron chi connectivity index (χ1n) is 5.94. The minimum absolute atomic E-state index is 0.226. The van der Waals surface area contributed by atoms with Crippen molar-refractivity contribution in [2.24, 2.45) is 0 Å². The first-order valence-corrected chi connectivity index (χ1v) is 7.07. The summed E-state index contributed by atoms with van der Waals surface area (Å²) >= 11 is 18.0. The molecule has 0 unspecified atom stereocenters. The molecule has 0 saturated heterocycles. The molecule has 0 aliphatic heterocycles. The predicted octanol–water partition coefficient (Wildman–Crippen LogP) is 5.44. The van der Waals surface area contributed by atoms with E-state index in [-0.39, 0.29) is 6.01 Å². The van der Waals surface area contributed by atoms with Crippen LogP contribution in [0.5, 0.6) is 0 Å². The van der Waals surface area contributed by atoms with Gasteiger partial charge in [0.05, 0.1) is 21.3 Å². The second-order valence-corrected chi connectivity index (χ2v) is 5.39. The zero-order valence-corrected chi connectivity index (χ0v) is 12.7. The third-order valence-electron chi connectivity index (χ3n) is 2.70. The van der Waals surface area contributed by atoms with Gasteiger partial charge in [0.2, 0.25) is 0 Å². The maximum absolute atomic E-state index is 6.10. The molecule has 1 N–H and O–H groups in total. The summed E-state index contributed by atoms with van der Waals surface area (Å²) in [5.74, 6) is 0.297. The Kier molecular flexibility index (Phi) is 4.01. The summed E-state index contributed by atoms with van der Waals surface area (Å²) < 4.78 is 5.53. The first-order chi connectivity index (χ1) is 10.1. The molecule has 3 rings (SSSR count). The van der Waals surface area contributed by atoms with Gasteiger partial charge in [0.15, 0.2) is 0 Å². The summed E-state index contributed by atoms with van der Waals surface area (Å²) in [6.45, 7) is 0. The van der Waals surface area contributed by atoms with E-state index in [1.165, 1.54) is 0 Å². The van der Waals surface area contributed by atoms with E-state index in [1.807, 2.05) is 18.2 Å². The van der Waals surface area contributed by atoms with E-state index in [0.717, 1.165) is 0 Å². The average Bonchev–Trinajstić information content (AvgIpc) is 2.90. The molecule has 4 nitrogen and oxygen atoms in total. The van der Waals surface area contributed by atoms with Crippen LogP contribution in [0.2, 0.25) is 15.1 Å². The van der Waals surface area contributed by atoms with Crippen molar-refractivity contribution in [2.75, 3.05) is 5.32 Å². The number of halogens is 3. The minimum Gasteiger partial charge on any atom is -0.403 e. The predicted molar refractivity (Wildman–Crippen MR) is 84.5 cm³/mol. The SMILES string of the molecule is Clc1ccc(-c2nnc(Nc3ccccc3Cl)o2)c(Cl)c1. The minimum atomic E-state index is 0.226. The van der Waals surface area contributed by atoms with E-state index < -0.39 is 0 Å². The quantitative estimate of drug-likeness (QED) is 0.689. The monoisotopic (exact) mass is 339 g/mol. The van der Waals surface area contributed by atoms with Gasteiger partial charge in [-0.2, -0.15) is 0 Å². The largest absolute Gasteiger partial charge is 0.403 e. The van der Waals surface area contributed by atoms with Gasteiger partial charge in [-0.3, -0.25) is 0 Å². The molecule has 0 aliphatic carbocycles. The highest BCUT2D eigenvalue weighted by molar-refractivity contribution is 6.36. The van der Waals surface area contributed by atoms with Gasteiger partial charge in [0.25, 0.3) is 5.89 Å². The van der Waals surface area contributed by atoms with E-state index in [2.05, 4.69) is 15.5 Å². The Balaban J connectivity index is 1.88. The van der Waals surface area contributed by atoms with Gasteiger partial charge in [-0.15, -0.1) is 5.10 Å². The number of hydrogen-bond donors (Lipinski definition) is 1. The molecule has 0 aliphatic rings. The molecular formula is C14H8Cl3N3O. The second kappa shape index (κ2) is 5.93. The summed E-state index contributed by atoms with van der Waals surface area (Å²) in [5, 5.41) is 12.4. The molecule has 7 heteroatoms. The van der Waals surface area contributed by atoms with Crippen molar-refractivity contribution in [3.63, 3.8) is 0 Å². The second-order valence-electron chi connectivity index (χ2n) is 4.14. The van der Waals surface area contributed by atoms with Gasteiger partial charge >= 0.3 is 6.01 Å². The van der Waals surface area contributed by atoms with Crippen molar-refractivity contribution in [1.29, 1.82) is 0 Å². The van der Waals surface area contributed by atoms with Crippen LogP contribution in [0, 0.1) is 0 Å². The van der Waals surface area contributed by atoms with Crippen molar-refractivity contribution in [3.05, 3.63) is 57.5 Å². The van der Waals surface area contributed by atoms with E-state index >= 15 is 0 Å². The normalized spacial score (nSPS) is 10.6. The van der Waals surface area contributed by atoms with Crippen LogP contribution >= 0.6 is 34.8 Å². The fourth-order valence-electron chi connectivity index (χ4n) is 1.72. The van der Waals surface area contributed by atoms with Gasteiger partial charge in [0.1, 0.15) is 0 Å². The van der Waals surface area contributed by atoms with E-state index in [9.17, 15) is 0 Å². The zero-order chi connectivity index (χ0) is 14.8. The molecule has 0 atom stereocenters. The molecule has 106 valence electrons. The van der Waals surface area contributed by atoms with Crippen molar-refractivity contribution in [3.8, 4) is 11.5 Å². The van der Waals surface area contributed by atoms with Crippen molar-refractivity contribution in [1.82, 2.24) is 10.2 Å². The number of hydrogen-bond acceptors (Lipinski definition) is 4. The summed E-state index contributed by atoms with van der Waals surface area (Å²) in [6, 6.07) is 12.5.